The Labute approximate surface area is 95.6 Å². The molecule has 1 aromatic carbocycles. The summed E-state index contributed by atoms with van der Waals surface area (Å²) in [5.74, 6) is -2.50. The molecular formula is C11H10F3NO2. The van der Waals surface area contributed by atoms with E-state index in [4.69, 9.17) is 5.11 Å². The number of aromatic carboxylic acids is 1. The molecule has 0 atom stereocenters. The van der Waals surface area contributed by atoms with Crippen LogP contribution >= 0.6 is 0 Å². The summed E-state index contributed by atoms with van der Waals surface area (Å²) >= 11 is 0. The summed E-state index contributed by atoms with van der Waals surface area (Å²) in [6.07, 6.45) is -2.73. The van der Waals surface area contributed by atoms with Crippen molar-refractivity contribution in [3.8, 4) is 0 Å². The second kappa shape index (κ2) is 5.93. The molecule has 0 aliphatic heterocycles. The minimum absolute atomic E-state index is 0.00952. The summed E-state index contributed by atoms with van der Waals surface area (Å²) < 4.78 is 35.8. The molecule has 0 aliphatic carbocycles. The Morgan fingerprint density at radius 3 is 2.24 bits per heavy atom. The van der Waals surface area contributed by atoms with Crippen molar-refractivity contribution in [2.24, 2.45) is 0 Å². The van der Waals surface area contributed by atoms with E-state index < -0.39 is 24.3 Å². The fraction of sp³-hybridized carbons (Fsp3) is 0.182. The molecule has 3 nitrogen and oxygen atoms in total. The summed E-state index contributed by atoms with van der Waals surface area (Å²) in [5.41, 5.74) is 0.665. The Bertz CT molecular complexity index is 425. The van der Waals surface area contributed by atoms with E-state index in [1.54, 1.807) is 0 Å². The molecule has 17 heavy (non-hydrogen) atoms. The maximum Gasteiger partial charge on any atom is 0.335 e. The molecule has 6 heteroatoms. The Morgan fingerprint density at radius 2 is 1.76 bits per heavy atom. The van der Waals surface area contributed by atoms with Gasteiger partial charge in [-0.15, -0.1) is 0 Å². The first-order valence-electron chi connectivity index (χ1n) is 4.77. The van der Waals surface area contributed by atoms with E-state index in [-0.39, 0.29) is 12.1 Å². The molecule has 0 aliphatic rings. The second-order valence-electron chi connectivity index (χ2n) is 3.22. The minimum atomic E-state index is -2.31. The van der Waals surface area contributed by atoms with Gasteiger partial charge in [0.2, 0.25) is 0 Å². The lowest BCUT2D eigenvalue weighted by atomic mass is 10.2. The highest BCUT2D eigenvalue weighted by Gasteiger charge is 2.05. The van der Waals surface area contributed by atoms with Gasteiger partial charge in [-0.25, -0.2) is 9.18 Å². The predicted molar refractivity (Wildman–Crippen MR) is 56.9 cm³/mol. The van der Waals surface area contributed by atoms with Gasteiger partial charge in [-0.2, -0.15) is 8.78 Å². The molecule has 1 rings (SSSR count). The number of carboxylic acids is 1. The SMILES string of the molecule is O=C(O)c1ccc(NCCC(F)=C(F)F)cc1. The van der Waals surface area contributed by atoms with Gasteiger partial charge in [-0.05, 0) is 24.3 Å². The number of rotatable bonds is 5. The van der Waals surface area contributed by atoms with Crippen molar-refractivity contribution < 1.29 is 23.1 Å². The van der Waals surface area contributed by atoms with Gasteiger partial charge in [0.1, 0.15) is 0 Å². The average molecular weight is 245 g/mol. The van der Waals surface area contributed by atoms with Crippen molar-refractivity contribution in [1.29, 1.82) is 0 Å². The van der Waals surface area contributed by atoms with E-state index in [2.05, 4.69) is 5.32 Å². The number of benzene rings is 1. The molecule has 0 fully saturated rings. The number of carbonyl (C=O) groups is 1. The highest BCUT2D eigenvalue weighted by Crippen LogP contribution is 2.14. The Morgan fingerprint density at radius 1 is 1.18 bits per heavy atom. The van der Waals surface area contributed by atoms with Crippen LogP contribution in [0.3, 0.4) is 0 Å². The molecule has 0 saturated heterocycles. The second-order valence-corrected chi connectivity index (χ2v) is 3.22. The summed E-state index contributed by atoms with van der Waals surface area (Å²) in [7, 11) is 0. The quantitative estimate of drug-likeness (QED) is 0.837. The molecule has 1 aromatic rings. The fourth-order valence-corrected chi connectivity index (χ4v) is 1.14. The third-order valence-electron chi connectivity index (χ3n) is 2.01. The Kier molecular flexibility index (Phi) is 4.56. The van der Waals surface area contributed by atoms with Crippen LogP contribution < -0.4 is 5.32 Å². The Balaban J connectivity index is 2.48. The van der Waals surface area contributed by atoms with E-state index in [1.165, 1.54) is 24.3 Å². The van der Waals surface area contributed by atoms with Gasteiger partial charge in [0.25, 0.3) is 0 Å². The van der Waals surface area contributed by atoms with Gasteiger partial charge in [0.05, 0.1) is 5.56 Å². The van der Waals surface area contributed by atoms with E-state index in [1.807, 2.05) is 0 Å². The summed E-state index contributed by atoms with van der Waals surface area (Å²) in [4.78, 5) is 10.5. The van der Waals surface area contributed by atoms with Gasteiger partial charge >= 0.3 is 12.0 Å². The normalized spacial score (nSPS) is 9.82. The first-order chi connectivity index (χ1) is 8.00. The molecule has 0 amide bonds. The smallest absolute Gasteiger partial charge is 0.335 e. The third-order valence-corrected chi connectivity index (χ3v) is 2.01. The van der Waals surface area contributed by atoms with E-state index >= 15 is 0 Å². The van der Waals surface area contributed by atoms with Crippen LogP contribution in [0.4, 0.5) is 18.9 Å². The summed E-state index contributed by atoms with van der Waals surface area (Å²) in [6.45, 7) is 0.00952. The van der Waals surface area contributed by atoms with E-state index in [0.29, 0.717) is 5.69 Å². The van der Waals surface area contributed by atoms with Gasteiger partial charge in [-0.3, -0.25) is 0 Å². The first kappa shape index (κ1) is 13.1. The maximum absolute atomic E-state index is 12.4. The number of halogens is 3. The standard InChI is InChI=1S/C11H10F3NO2/c12-9(10(13)14)5-6-15-8-3-1-7(2-4-8)11(16)17/h1-4,15H,5-6H2,(H,16,17). The fourth-order valence-electron chi connectivity index (χ4n) is 1.14. The Hall–Kier alpha value is -1.98. The van der Waals surface area contributed by atoms with Crippen molar-refractivity contribution >= 4 is 11.7 Å². The van der Waals surface area contributed by atoms with Crippen molar-refractivity contribution in [1.82, 2.24) is 0 Å². The molecule has 0 heterocycles. The maximum atomic E-state index is 12.4. The molecule has 0 saturated carbocycles. The van der Waals surface area contributed by atoms with Crippen LogP contribution in [0.25, 0.3) is 0 Å². The lowest BCUT2D eigenvalue weighted by molar-refractivity contribution is 0.0697. The predicted octanol–water partition coefficient (Wildman–Crippen LogP) is 3.26. The van der Waals surface area contributed by atoms with Crippen LogP contribution in [0.1, 0.15) is 16.8 Å². The summed E-state index contributed by atoms with van der Waals surface area (Å²) in [5, 5.41) is 11.3. The molecule has 92 valence electrons. The van der Waals surface area contributed by atoms with Crippen LogP contribution in [0.5, 0.6) is 0 Å². The monoisotopic (exact) mass is 245 g/mol. The summed E-state index contributed by atoms with van der Waals surface area (Å²) in [6, 6.07) is 5.70. The average Bonchev–Trinajstić information content (AvgIpc) is 2.29. The number of hydrogen-bond acceptors (Lipinski definition) is 2. The molecular weight excluding hydrogens is 235 g/mol. The number of hydrogen-bond donors (Lipinski definition) is 2. The molecule has 0 unspecified atom stereocenters. The van der Waals surface area contributed by atoms with Crippen LogP contribution in [0.2, 0.25) is 0 Å². The topological polar surface area (TPSA) is 49.3 Å². The number of anilines is 1. The van der Waals surface area contributed by atoms with Gasteiger partial charge in [0, 0.05) is 18.7 Å². The van der Waals surface area contributed by atoms with Crippen LogP contribution in [-0.2, 0) is 0 Å². The molecule has 0 spiro atoms. The zero-order chi connectivity index (χ0) is 12.8. The molecule has 0 aromatic heterocycles. The first-order valence-corrected chi connectivity index (χ1v) is 4.77. The van der Waals surface area contributed by atoms with Crippen molar-refractivity contribution in [2.75, 3.05) is 11.9 Å². The van der Waals surface area contributed by atoms with E-state index in [0.717, 1.165) is 0 Å². The van der Waals surface area contributed by atoms with Crippen LogP contribution in [0.15, 0.2) is 36.2 Å². The van der Waals surface area contributed by atoms with Gasteiger partial charge < -0.3 is 10.4 Å². The molecule has 2 N–H and O–H groups in total. The zero-order valence-corrected chi connectivity index (χ0v) is 8.71. The van der Waals surface area contributed by atoms with Gasteiger partial charge in [-0.1, -0.05) is 0 Å². The lowest BCUT2D eigenvalue weighted by Crippen LogP contribution is -2.02. The molecule has 0 radical (unpaired) electrons. The molecule has 0 bridgehead atoms. The minimum Gasteiger partial charge on any atom is -0.478 e. The number of carboxylic acid groups (broad SMARTS) is 1. The number of nitrogens with one attached hydrogen (secondary N) is 1. The van der Waals surface area contributed by atoms with Crippen molar-refractivity contribution in [3.05, 3.63) is 41.7 Å². The highest BCUT2D eigenvalue weighted by molar-refractivity contribution is 5.87. The largest absolute Gasteiger partial charge is 0.478 e. The zero-order valence-electron chi connectivity index (χ0n) is 8.71. The van der Waals surface area contributed by atoms with Gasteiger partial charge in [0.15, 0.2) is 5.83 Å². The highest BCUT2D eigenvalue weighted by atomic mass is 19.3. The van der Waals surface area contributed by atoms with Crippen LogP contribution in [0, 0.1) is 0 Å². The lowest BCUT2D eigenvalue weighted by Gasteiger charge is -2.05. The third kappa shape index (κ3) is 4.18. The van der Waals surface area contributed by atoms with Crippen molar-refractivity contribution in [2.45, 2.75) is 6.42 Å². The van der Waals surface area contributed by atoms with E-state index in [9.17, 15) is 18.0 Å². The van der Waals surface area contributed by atoms with Crippen molar-refractivity contribution in [3.63, 3.8) is 0 Å². The van der Waals surface area contributed by atoms with Crippen LogP contribution in [-0.4, -0.2) is 17.6 Å².